The third-order valence-electron chi connectivity index (χ3n) is 0.604. The molecule has 1 amide bonds. The van der Waals surface area contributed by atoms with E-state index < -0.39 is 11.9 Å². The van der Waals surface area contributed by atoms with E-state index in [0.717, 1.165) is 0 Å². The Morgan fingerprint density at radius 2 is 2.22 bits per heavy atom. The summed E-state index contributed by atoms with van der Waals surface area (Å²) in [7, 11) is 3.07. The summed E-state index contributed by atoms with van der Waals surface area (Å²) in [5, 5.41) is 2.05. The first-order valence-corrected chi connectivity index (χ1v) is 2.36. The molecular weight excluding hydrogens is 122 g/mol. The van der Waals surface area contributed by atoms with Crippen molar-refractivity contribution in [3.63, 3.8) is 0 Å². The molecule has 0 bridgehead atoms. The van der Waals surface area contributed by atoms with Crippen LogP contribution in [0.25, 0.3) is 0 Å². The van der Waals surface area contributed by atoms with Gasteiger partial charge in [-0.15, -0.1) is 0 Å². The van der Waals surface area contributed by atoms with Crippen molar-refractivity contribution in [3.8, 4) is 0 Å². The summed E-state index contributed by atoms with van der Waals surface area (Å²) in [5.41, 5.74) is 0. The zero-order valence-electron chi connectivity index (χ0n) is 5.14. The maximum Gasteiger partial charge on any atom is 0.303 e. The Kier molecular flexibility index (Phi) is 3.43. The number of nitrogens with one attached hydrogen (secondary N) is 1. The molecule has 0 rings (SSSR count). The Morgan fingerprint density at radius 1 is 1.67 bits per heavy atom. The summed E-state index contributed by atoms with van der Waals surface area (Å²) in [5.74, 6) is -0.885. The molecule has 0 fully saturated rings. The lowest BCUT2D eigenvalue weighted by Crippen LogP contribution is -2.22. The smallest absolute Gasteiger partial charge is 0.303 e. The van der Waals surface area contributed by atoms with Crippen molar-refractivity contribution in [1.29, 1.82) is 0 Å². The van der Waals surface area contributed by atoms with E-state index in [1.165, 1.54) is 6.92 Å². The maximum absolute atomic E-state index is 10.3. The van der Waals surface area contributed by atoms with Gasteiger partial charge in [0, 0.05) is 14.0 Å². The monoisotopic (exact) mass is 130 g/mol. The van der Waals surface area contributed by atoms with Crippen LogP contribution in [0.15, 0.2) is 0 Å². The van der Waals surface area contributed by atoms with Gasteiger partial charge in [0.05, 0.1) is 0 Å². The van der Waals surface area contributed by atoms with Gasteiger partial charge in [-0.25, -0.2) is 0 Å². The molecule has 51 valence electrons. The van der Waals surface area contributed by atoms with Crippen LogP contribution in [-0.2, 0) is 14.3 Å². The van der Waals surface area contributed by atoms with Crippen LogP contribution in [0.5, 0.6) is 0 Å². The molecule has 0 spiro atoms. The minimum Gasteiger partial charge on any atom is -0.456 e. The third-order valence-corrected chi connectivity index (χ3v) is 0.604. The van der Waals surface area contributed by atoms with Crippen molar-refractivity contribution < 1.29 is 14.3 Å². The largest absolute Gasteiger partial charge is 0.456 e. The number of carbonyl (C=O) groups excluding carboxylic acids is 2. The molecular formula is C5H8NO3. The van der Waals surface area contributed by atoms with Gasteiger partial charge in [0.15, 0.2) is 6.61 Å². The average molecular weight is 130 g/mol. The summed E-state index contributed by atoms with van der Waals surface area (Å²) < 4.78 is 4.30. The second kappa shape index (κ2) is 3.88. The fourth-order valence-corrected chi connectivity index (χ4v) is 0.218. The second-order valence-electron chi connectivity index (χ2n) is 1.38. The summed E-state index contributed by atoms with van der Waals surface area (Å²) >= 11 is 0. The fraction of sp³-hybridized carbons (Fsp3) is 0.400. The van der Waals surface area contributed by atoms with Crippen LogP contribution in [0, 0.1) is 7.05 Å². The van der Waals surface area contributed by atoms with Crippen LogP contribution >= 0.6 is 0 Å². The van der Waals surface area contributed by atoms with Crippen LogP contribution < -0.4 is 5.32 Å². The molecule has 0 atom stereocenters. The second-order valence-corrected chi connectivity index (χ2v) is 1.38. The van der Waals surface area contributed by atoms with Crippen LogP contribution in [0.3, 0.4) is 0 Å². The van der Waals surface area contributed by atoms with Crippen molar-refractivity contribution in [2.75, 3.05) is 6.61 Å². The Balaban J connectivity index is 3.28. The van der Waals surface area contributed by atoms with Gasteiger partial charge in [0.25, 0.3) is 5.91 Å². The topological polar surface area (TPSA) is 55.4 Å². The van der Waals surface area contributed by atoms with Crippen molar-refractivity contribution in [2.45, 2.75) is 6.92 Å². The van der Waals surface area contributed by atoms with Gasteiger partial charge in [0.2, 0.25) is 0 Å². The number of ether oxygens (including phenoxy) is 1. The molecule has 0 saturated carbocycles. The lowest BCUT2D eigenvalue weighted by atomic mass is 10.6. The Morgan fingerprint density at radius 3 is 2.56 bits per heavy atom. The quantitative estimate of drug-likeness (QED) is 0.510. The lowest BCUT2D eigenvalue weighted by Gasteiger charge is -1.97. The Hall–Kier alpha value is -1.06. The molecule has 0 aromatic rings. The summed E-state index contributed by atoms with van der Waals surface area (Å²) in [6, 6.07) is 0. The molecule has 4 heteroatoms. The van der Waals surface area contributed by atoms with Gasteiger partial charge in [0.1, 0.15) is 0 Å². The van der Waals surface area contributed by atoms with E-state index in [1.807, 2.05) is 0 Å². The first-order chi connectivity index (χ1) is 4.16. The highest BCUT2D eigenvalue weighted by Crippen LogP contribution is 1.74. The summed E-state index contributed by atoms with van der Waals surface area (Å²) in [6.07, 6.45) is 0. The summed E-state index contributed by atoms with van der Waals surface area (Å²) in [4.78, 5) is 20.3. The molecule has 0 aliphatic heterocycles. The van der Waals surface area contributed by atoms with Crippen LogP contribution in [-0.4, -0.2) is 18.5 Å². The van der Waals surface area contributed by atoms with Crippen LogP contribution in [0.1, 0.15) is 6.92 Å². The van der Waals surface area contributed by atoms with Crippen LogP contribution in [0.2, 0.25) is 0 Å². The van der Waals surface area contributed by atoms with Gasteiger partial charge >= 0.3 is 5.97 Å². The standard InChI is InChI=1S/C5H8NO3/c1-4(7)9-3-5(8)6-2/h2-3H2,1H3,(H,6,8). The van der Waals surface area contributed by atoms with Crippen molar-refractivity contribution >= 4 is 11.9 Å². The molecule has 0 aliphatic carbocycles. The number of hydrogen-bond donors (Lipinski definition) is 1. The molecule has 9 heavy (non-hydrogen) atoms. The van der Waals surface area contributed by atoms with E-state index in [4.69, 9.17) is 0 Å². The summed E-state index contributed by atoms with van der Waals surface area (Å²) in [6.45, 7) is 0.981. The van der Waals surface area contributed by atoms with Crippen molar-refractivity contribution in [3.05, 3.63) is 7.05 Å². The molecule has 1 N–H and O–H groups in total. The highest BCUT2D eigenvalue weighted by molar-refractivity contribution is 5.79. The van der Waals surface area contributed by atoms with Gasteiger partial charge in [-0.3, -0.25) is 9.59 Å². The van der Waals surface area contributed by atoms with E-state index in [-0.39, 0.29) is 6.61 Å². The van der Waals surface area contributed by atoms with E-state index in [1.54, 1.807) is 0 Å². The molecule has 0 aliphatic rings. The van der Waals surface area contributed by atoms with E-state index in [9.17, 15) is 9.59 Å². The predicted molar refractivity (Wildman–Crippen MR) is 30.1 cm³/mol. The Labute approximate surface area is 53.2 Å². The number of rotatable bonds is 2. The minimum absolute atomic E-state index is 0.251. The molecule has 0 aromatic carbocycles. The van der Waals surface area contributed by atoms with Gasteiger partial charge in [-0.2, -0.15) is 0 Å². The molecule has 0 unspecified atom stereocenters. The molecule has 1 radical (unpaired) electrons. The predicted octanol–water partition coefficient (Wildman–Crippen LogP) is -0.543. The van der Waals surface area contributed by atoms with Crippen LogP contribution in [0.4, 0.5) is 0 Å². The normalized spacial score (nSPS) is 8.22. The molecule has 4 nitrogen and oxygen atoms in total. The molecule has 0 aromatic heterocycles. The third kappa shape index (κ3) is 4.80. The van der Waals surface area contributed by atoms with Gasteiger partial charge < -0.3 is 10.1 Å². The highest BCUT2D eigenvalue weighted by atomic mass is 16.5. The Bertz CT molecular complexity index is 121. The first kappa shape index (κ1) is 7.94. The highest BCUT2D eigenvalue weighted by Gasteiger charge is 1.98. The van der Waals surface area contributed by atoms with E-state index in [0.29, 0.717) is 0 Å². The first-order valence-electron chi connectivity index (χ1n) is 2.36. The average Bonchev–Trinajstić information content (AvgIpc) is 1.83. The number of esters is 1. The maximum atomic E-state index is 10.3. The van der Waals surface area contributed by atoms with Gasteiger partial charge in [-0.05, 0) is 0 Å². The van der Waals surface area contributed by atoms with Crippen molar-refractivity contribution in [2.24, 2.45) is 0 Å². The van der Waals surface area contributed by atoms with Crippen molar-refractivity contribution in [1.82, 2.24) is 5.32 Å². The number of hydrogen-bond acceptors (Lipinski definition) is 3. The zero-order chi connectivity index (χ0) is 7.28. The SMILES string of the molecule is [CH2]NC(=O)COC(C)=O. The molecule has 0 heterocycles. The number of carbonyl (C=O) groups is 2. The number of amides is 1. The zero-order valence-corrected chi connectivity index (χ0v) is 5.14. The fourth-order valence-electron chi connectivity index (χ4n) is 0.218. The van der Waals surface area contributed by atoms with Gasteiger partial charge in [-0.1, -0.05) is 0 Å². The molecule has 0 saturated heterocycles. The minimum atomic E-state index is -0.474. The van der Waals surface area contributed by atoms with E-state index >= 15 is 0 Å². The van der Waals surface area contributed by atoms with E-state index in [2.05, 4.69) is 17.1 Å². The lowest BCUT2D eigenvalue weighted by molar-refractivity contribution is -0.146.